The molecule has 3 atom stereocenters. The van der Waals surface area contributed by atoms with Crippen LogP contribution in [0.5, 0.6) is 0 Å². The normalized spacial score (nSPS) is 27.7. The Morgan fingerprint density at radius 3 is 2.93 bits per heavy atom. The quantitative estimate of drug-likeness (QED) is 0.650. The molecule has 1 aliphatic rings. The van der Waals surface area contributed by atoms with E-state index >= 15 is 0 Å². The zero-order valence-electron chi connectivity index (χ0n) is 9.36. The maximum atomic E-state index is 11.8. The first-order valence-corrected chi connectivity index (χ1v) is 5.30. The van der Waals surface area contributed by atoms with E-state index in [9.17, 15) is 4.79 Å². The summed E-state index contributed by atoms with van der Waals surface area (Å²) in [6.07, 6.45) is 0.617. The minimum absolute atomic E-state index is 0.0764. The molecule has 5 heteroatoms. The van der Waals surface area contributed by atoms with Crippen LogP contribution >= 0.6 is 0 Å². The molecular formula is C10H20N2O3. The van der Waals surface area contributed by atoms with Crippen molar-refractivity contribution in [1.82, 2.24) is 5.32 Å². The Balaban J connectivity index is 2.39. The number of hydrogen-bond donors (Lipinski definition) is 2. The van der Waals surface area contributed by atoms with Gasteiger partial charge in [-0.05, 0) is 12.3 Å². The maximum Gasteiger partial charge on any atom is 0.249 e. The van der Waals surface area contributed by atoms with E-state index < -0.39 is 0 Å². The van der Waals surface area contributed by atoms with Crippen LogP contribution in [-0.2, 0) is 14.3 Å². The van der Waals surface area contributed by atoms with Gasteiger partial charge in [-0.15, -0.1) is 0 Å². The fourth-order valence-electron chi connectivity index (χ4n) is 1.68. The molecule has 5 nitrogen and oxygen atoms in total. The average molecular weight is 216 g/mol. The first-order chi connectivity index (χ1) is 7.19. The predicted octanol–water partition coefficient (Wildman–Crippen LogP) is -0.499. The van der Waals surface area contributed by atoms with Crippen molar-refractivity contribution in [3.8, 4) is 0 Å². The SMILES string of the molecule is COCC(CN)NC(=O)C1OCCC1C. The molecule has 88 valence electrons. The monoisotopic (exact) mass is 216 g/mol. The molecular weight excluding hydrogens is 196 g/mol. The topological polar surface area (TPSA) is 73.6 Å². The Hall–Kier alpha value is -0.650. The zero-order chi connectivity index (χ0) is 11.3. The van der Waals surface area contributed by atoms with Crippen LogP contribution in [0.1, 0.15) is 13.3 Å². The summed E-state index contributed by atoms with van der Waals surface area (Å²) in [5.74, 6) is 0.207. The number of nitrogens with two attached hydrogens (primary N) is 1. The molecule has 0 aromatic heterocycles. The van der Waals surface area contributed by atoms with Gasteiger partial charge in [0.25, 0.3) is 0 Å². The molecule has 1 heterocycles. The summed E-state index contributed by atoms with van der Waals surface area (Å²) in [5.41, 5.74) is 5.50. The summed E-state index contributed by atoms with van der Waals surface area (Å²) in [6.45, 7) is 3.49. The van der Waals surface area contributed by atoms with Gasteiger partial charge in [0.2, 0.25) is 5.91 Å². The number of carbonyl (C=O) groups excluding carboxylic acids is 1. The standard InChI is InChI=1S/C10H20N2O3/c1-7-3-4-15-9(7)10(13)12-8(5-11)6-14-2/h7-9H,3-6,11H2,1-2H3,(H,12,13). The number of carbonyl (C=O) groups is 1. The molecule has 15 heavy (non-hydrogen) atoms. The van der Waals surface area contributed by atoms with Crippen LogP contribution in [0.15, 0.2) is 0 Å². The van der Waals surface area contributed by atoms with E-state index in [1.165, 1.54) is 0 Å². The molecule has 3 unspecified atom stereocenters. The van der Waals surface area contributed by atoms with Crippen LogP contribution in [0.25, 0.3) is 0 Å². The summed E-state index contributed by atoms with van der Waals surface area (Å²) < 4.78 is 10.3. The summed E-state index contributed by atoms with van der Waals surface area (Å²) >= 11 is 0. The largest absolute Gasteiger partial charge is 0.383 e. The number of methoxy groups -OCH3 is 1. The molecule has 0 aromatic carbocycles. The van der Waals surface area contributed by atoms with Crippen molar-refractivity contribution in [2.75, 3.05) is 26.9 Å². The summed E-state index contributed by atoms with van der Waals surface area (Å²) in [4.78, 5) is 11.8. The van der Waals surface area contributed by atoms with Crippen LogP contribution < -0.4 is 11.1 Å². The first kappa shape index (κ1) is 12.4. The second-order valence-corrected chi connectivity index (χ2v) is 3.95. The number of rotatable bonds is 5. The van der Waals surface area contributed by atoms with Crippen LogP contribution in [0.4, 0.5) is 0 Å². The third-order valence-corrected chi connectivity index (χ3v) is 2.64. The number of ether oxygens (including phenoxy) is 2. The lowest BCUT2D eigenvalue weighted by Gasteiger charge is -2.20. The van der Waals surface area contributed by atoms with Gasteiger partial charge in [-0.1, -0.05) is 6.92 Å². The van der Waals surface area contributed by atoms with Crippen molar-refractivity contribution in [3.63, 3.8) is 0 Å². The lowest BCUT2D eigenvalue weighted by molar-refractivity contribution is -0.132. The van der Waals surface area contributed by atoms with Gasteiger partial charge in [0.15, 0.2) is 0 Å². The Morgan fingerprint density at radius 2 is 2.47 bits per heavy atom. The molecule has 0 aliphatic carbocycles. The second kappa shape index (κ2) is 6.05. The van der Waals surface area contributed by atoms with Gasteiger partial charge in [0, 0.05) is 20.3 Å². The molecule has 3 N–H and O–H groups in total. The van der Waals surface area contributed by atoms with E-state index in [2.05, 4.69) is 5.32 Å². The number of nitrogens with one attached hydrogen (secondary N) is 1. The van der Waals surface area contributed by atoms with Gasteiger partial charge < -0.3 is 20.5 Å². The van der Waals surface area contributed by atoms with Gasteiger partial charge in [-0.2, -0.15) is 0 Å². The van der Waals surface area contributed by atoms with Crippen LogP contribution in [0, 0.1) is 5.92 Å². The lowest BCUT2D eigenvalue weighted by atomic mass is 10.0. The molecule has 0 aromatic rings. The Morgan fingerprint density at radius 1 is 1.73 bits per heavy atom. The molecule has 0 saturated carbocycles. The number of hydrogen-bond acceptors (Lipinski definition) is 4. The Kier molecular flexibility index (Phi) is 5.01. The summed E-state index contributed by atoms with van der Waals surface area (Å²) in [7, 11) is 1.59. The van der Waals surface area contributed by atoms with Gasteiger partial charge in [0.1, 0.15) is 6.10 Å². The van der Waals surface area contributed by atoms with Crippen LogP contribution in [0.2, 0.25) is 0 Å². The molecule has 0 spiro atoms. The van der Waals surface area contributed by atoms with E-state index in [1.54, 1.807) is 7.11 Å². The van der Waals surface area contributed by atoms with Gasteiger partial charge in [0.05, 0.1) is 12.6 Å². The highest BCUT2D eigenvalue weighted by atomic mass is 16.5. The molecule has 1 saturated heterocycles. The highest BCUT2D eigenvalue weighted by molar-refractivity contribution is 5.81. The molecule has 0 bridgehead atoms. The van der Waals surface area contributed by atoms with E-state index in [4.69, 9.17) is 15.2 Å². The second-order valence-electron chi connectivity index (χ2n) is 3.95. The third kappa shape index (κ3) is 3.44. The fraction of sp³-hybridized carbons (Fsp3) is 0.900. The highest BCUT2D eigenvalue weighted by Gasteiger charge is 2.31. The molecule has 0 radical (unpaired) electrons. The first-order valence-electron chi connectivity index (χ1n) is 5.30. The minimum Gasteiger partial charge on any atom is -0.383 e. The predicted molar refractivity (Wildman–Crippen MR) is 56.4 cm³/mol. The molecule has 1 aliphatic heterocycles. The highest BCUT2D eigenvalue weighted by Crippen LogP contribution is 2.19. The smallest absolute Gasteiger partial charge is 0.249 e. The van der Waals surface area contributed by atoms with Crippen molar-refractivity contribution in [2.24, 2.45) is 11.7 Å². The van der Waals surface area contributed by atoms with Crippen molar-refractivity contribution >= 4 is 5.91 Å². The Labute approximate surface area is 90.3 Å². The lowest BCUT2D eigenvalue weighted by Crippen LogP contribution is -2.48. The molecule has 1 rings (SSSR count). The number of amides is 1. The Bertz CT molecular complexity index is 211. The van der Waals surface area contributed by atoms with Gasteiger partial charge in [-0.3, -0.25) is 4.79 Å². The van der Waals surface area contributed by atoms with E-state index in [1.807, 2.05) is 6.92 Å². The van der Waals surface area contributed by atoms with E-state index in [0.717, 1.165) is 6.42 Å². The van der Waals surface area contributed by atoms with Gasteiger partial charge >= 0.3 is 0 Å². The fourth-order valence-corrected chi connectivity index (χ4v) is 1.68. The molecule has 1 fully saturated rings. The van der Waals surface area contributed by atoms with Crippen LogP contribution in [0.3, 0.4) is 0 Å². The zero-order valence-corrected chi connectivity index (χ0v) is 9.36. The summed E-state index contributed by atoms with van der Waals surface area (Å²) in [5, 5.41) is 2.83. The van der Waals surface area contributed by atoms with Gasteiger partial charge in [-0.25, -0.2) is 0 Å². The van der Waals surface area contributed by atoms with Crippen molar-refractivity contribution in [2.45, 2.75) is 25.5 Å². The average Bonchev–Trinajstić information content (AvgIpc) is 2.63. The van der Waals surface area contributed by atoms with Crippen molar-refractivity contribution < 1.29 is 14.3 Å². The minimum atomic E-state index is -0.323. The maximum absolute atomic E-state index is 11.8. The van der Waals surface area contributed by atoms with Crippen molar-refractivity contribution in [3.05, 3.63) is 0 Å². The molecule has 1 amide bonds. The van der Waals surface area contributed by atoms with Crippen molar-refractivity contribution in [1.29, 1.82) is 0 Å². The van der Waals surface area contributed by atoms with E-state index in [-0.39, 0.29) is 24.0 Å². The summed E-state index contributed by atoms with van der Waals surface area (Å²) in [6, 6.07) is -0.126. The van der Waals surface area contributed by atoms with Crippen LogP contribution in [-0.4, -0.2) is 44.9 Å². The third-order valence-electron chi connectivity index (χ3n) is 2.64. The van der Waals surface area contributed by atoms with E-state index in [0.29, 0.717) is 19.8 Å².